The van der Waals surface area contributed by atoms with E-state index in [0.717, 1.165) is 12.2 Å². The molecule has 0 bridgehead atoms. The summed E-state index contributed by atoms with van der Waals surface area (Å²) in [5.74, 6) is 0. The summed E-state index contributed by atoms with van der Waals surface area (Å²) < 4.78 is 7.37. The van der Waals surface area contributed by atoms with Crippen LogP contribution in [0.2, 0.25) is 0 Å². The summed E-state index contributed by atoms with van der Waals surface area (Å²) in [6.07, 6.45) is 0. The quantitative estimate of drug-likeness (QED) is 0.889. The summed E-state index contributed by atoms with van der Waals surface area (Å²) in [4.78, 5) is 0. The Labute approximate surface area is 115 Å². The predicted octanol–water partition coefficient (Wildman–Crippen LogP) is 3.40. The summed E-state index contributed by atoms with van der Waals surface area (Å²) in [5.41, 5.74) is 6.28. The number of rotatable bonds is 5. The van der Waals surface area contributed by atoms with Gasteiger partial charge in [-0.1, -0.05) is 12.1 Å². The van der Waals surface area contributed by atoms with Gasteiger partial charge in [0.1, 0.15) is 0 Å². The van der Waals surface area contributed by atoms with E-state index in [-0.39, 0.29) is 0 Å². The van der Waals surface area contributed by atoms with Crippen LogP contribution in [0.3, 0.4) is 0 Å². The van der Waals surface area contributed by atoms with Crippen molar-refractivity contribution in [2.75, 3.05) is 12.4 Å². The number of aromatic nitrogens is 1. The molecule has 0 fully saturated rings. The minimum absolute atomic E-state index is 0.652. The number of ether oxygens (including phenoxy) is 1. The van der Waals surface area contributed by atoms with Gasteiger partial charge in [-0.25, -0.2) is 0 Å². The molecule has 0 unspecified atom stereocenters. The molecule has 3 nitrogen and oxygen atoms in total. The Morgan fingerprint density at radius 1 is 1.21 bits per heavy atom. The minimum Gasteiger partial charge on any atom is -0.381 e. The number of hydrogen-bond acceptors (Lipinski definition) is 2. The molecule has 1 N–H and O–H groups in total. The molecule has 1 aromatic carbocycles. The van der Waals surface area contributed by atoms with Gasteiger partial charge in [0.05, 0.1) is 6.61 Å². The van der Waals surface area contributed by atoms with Crippen LogP contribution in [-0.2, 0) is 24.9 Å². The van der Waals surface area contributed by atoms with Crippen LogP contribution in [0, 0.1) is 13.8 Å². The third-order valence-electron chi connectivity index (χ3n) is 3.60. The Balaban J connectivity index is 2.05. The first-order valence-electron chi connectivity index (χ1n) is 6.55. The van der Waals surface area contributed by atoms with Gasteiger partial charge in [0.25, 0.3) is 0 Å². The average Bonchev–Trinajstić information content (AvgIpc) is 2.65. The largest absolute Gasteiger partial charge is 0.381 e. The van der Waals surface area contributed by atoms with Gasteiger partial charge >= 0.3 is 0 Å². The Bertz CT molecular complexity index is 558. The van der Waals surface area contributed by atoms with Gasteiger partial charge in [0.15, 0.2) is 0 Å². The number of methoxy groups -OCH3 is 1. The Morgan fingerprint density at radius 3 is 2.63 bits per heavy atom. The van der Waals surface area contributed by atoms with Gasteiger partial charge in [-0.2, -0.15) is 0 Å². The van der Waals surface area contributed by atoms with Crippen LogP contribution in [0.25, 0.3) is 0 Å². The molecule has 0 amide bonds. The number of benzene rings is 1. The second kappa shape index (κ2) is 5.93. The van der Waals surface area contributed by atoms with Crippen LogP contribution in [0.15, 0.2) is 30.3 Å². The van der Waals surface area contributed by atoms with Gasteiger partial charge in [-0.05, 0) is 43.2 Å². The molecule has 2 rings (SSSR count). The molecule has 0 saturated heterocycles. The van der Waals surface area contributed by atoms with E-state index in [4.69, 9.17) is 4.74 Å². The van der Waals surface area contributed by atoms with Crippen LogP contribution in [0.1, 0.15) is 22.5 Å². The molecule has 2 aromatic rings. The van der Waals surface area contributed by atoms with Crippen LogP contribution < -0.4 is 5.32 Å². The van der Waals surface area contributed by atoms with Crippen molar-refractivity contribution < 1.29 is 4.74 Å². The fraction of sp³-hybridized carbons (Fsp3) is 0.375. The lowest BCUT2D eigenvalue weighted by atomic mass is 10.2. The summed E-state index contributed by atoms with van der Waals surface area (Å²) >= 11 is 0. The molecule has 0 atom stereocenters. The van der Waals surface area contributed by atoms with Crippen molar-refractivity contribution in [1.82, 2.24) is 4.57 Å². The zero-order valence-corrected chi connectivity index (χ0v) is 12.2. The molecule has 1 heterocycles. The van der Waals surface area contributed by atoms with Crippen molar-refractivity contribution in [2.24, 2.45) is 7.05 Å². The van der Waals surface area contributed by atoms with E-state index in [9.17, 15) is 0 Å². The Hall–Kier alpha value is -1.74. The van der Waals surface area contributed by atoms with E-state index >= 15 is 0 Å². The van der Waals surface area contributed by atoms with E-state index in [0.29, 0.717) is 6.61 Å². The van der Waals surface area contributed by atoms with Gasteiger partial charge < -0.3 is 14.6 Å². The number of nitrogens with zero attached hydrogens (tertiary/aromatic N) is 1. The van der Waals surface area contributed by atoms with Crippen molar-refractivity contribution in [3.63, 3.8) is 0 Å². The van der Waals surface area contributed by atoms with Gasteiger partial charge in [0.2, 0.25) is 0 Å². The van der Waals surface area contributed by atoms with E-state index in [2.05, 4.69) is 61.1 Å². The van der Waals surface area contributed by atoms with Crippen molar-refractivity contribution in [3.8, 4) is 0 Å². The molecular weight excluding hydrogens is 236 g/mol. The highest BCUT2D eigenvalue weighted by Gasteiger charge is 2.05. The number of aryl methyl sites for hydroxylation is 1. The normalized spacial score (nSPS) is 10.7. The van der Waals surface area contributed by atoms with Crippen LogP contribution in [-0.4, -0.2) is 11.7 Å². The van der Waals surface area contributed by atoms with Crippen molar-refractivity contribution in [1.29, 1.82) is 0 Å². The highest BCUT2D eigenvalue weighted by Crippen LogP contribution is 2.17. The zero-order valence-electron chi connectivity index (χ0n) is 12.2. The first kappa shape index (κ1) is 13.7. The predicted molar refractivity (Wildman–Crippen MR) is 79.4 cm³/mol. The van der Waals surface area contributed by atoms with Gasteiger partial charge in [-0.15, -0.1) is 0 Å². The Morgan fingerprint density at radius 2 is 2.00 bits per heavy atom. The van der Waals surface area contributed by atoms with Crippen LogP contribution in [0.4, 0.5) is 5.69 Å². The van der Waals surface area contributed by atoms with Crippen molar-refractivity contribution in [3.05, 3.63) is 52.8 Å². The lowest BCUT2D eigenvalue weighted by Gasteiger charge is -2.08. The molecule has 0 spiro atoms. The first-order chi connectivity index (χ1) is 9.11. The molecule has 3 heteroatoms. The monoisotopic (exact) mass is 258 g/mol. The van der Waals surface area contributed by atoms with E-state index in [1.54, 1.807) is 7.11 Å². The van der Waals surface area contributed by atoms with E-state index in [1.165, 1.54) is 22.5 Å². The maximum atomic E-state index is 5.15. The number of hydrogen-bond donors (Lipinski definition) is 1. The second-order valence-corrected chi connectivity index (χ2v) is 4.94. The minimum atomic E-state index is 0.652. The molecule has 1 aromatic heterocycles. The lowest BCUT2D eigenvalue weighted by molar-refractivity contribution is 0.185. The maximum Gasteiger partial charge on any atom is 0.0713 e. The van der Waals surface area contributed by atoms with E-state index in [1.807, 2.05) is 0 Å². The Kier molecular flexibility index (Phi) is 4.27. The SMILES string of the molecule is COCc1cccc(NCc2cc(C)n(C)c2C)c1. The molecule has 0 aliphatic carbocycles. The fourth-order valence-electron chi connectivity index (χ4n) is 2.25. The standard InChI is InChI=1S/C16H22N2O/c1-12-8-15(13(2)18(12)3)10-17-16-7-5-6-14(9-16)11-19-4/h5-9,17H,10-11H2,1-4H3. The number of nitrogens with one attached hydrogen (secondary N) is 1. The smallest absolute Gasteiger partial charge is 0.0713 e. The molecule has 0 saturated carbocycles. The van der Waals surface area contributed by atoms with Crippen molar-refractivity contribution >= 4 is 5.69 Å². The molecule has 0 radical (unpaired) electrons. The third-order valence-corrected chi connectivity index (χ3v) is 3.60. The van der Waals surface area contributed by atoms with Crippen molar-refractivity contribution in [2.45, 2.75) is 27.0 Å². The average molecular weight is 258 g/mol. The summed E-state index contributed by atoms with van der Waals surface area (Å²) in [6, 6.07) is 10.6. The summed E-state index contributed by atoms with van der Waals surface area (Å²) in [6.45, 7) is 5.80. The van der Waals surface area contributed by atoms with Crippen LogP contribution >= 0.6 is 0 Å². The second-order valence-electron chi connectivity index (χ2n) is 4.94. The highest BCUT2D eigenvalue weighted by molar-refractivity contribution is 5.46. The molecule has 19 heavy (non-hydrogen) atoms. The highest BCUT2D eigenvalue weighted by atomic mass is 16.5. The summed E-state index contributed by atoms with van der Waals surface area (Å²) in [5, 5.41) is 3.47. The summed E-state index contributed by atoms with van der Waals surface area (Å²) in [7, 11) is 3.82. The van der Waals surface area contributed by atoms with Gasteiger partial charge in [0, 0.05) is 37.8 Å². The molecule has 102 valence electrons. The van der Waals surface area contributed by atoms with E-state index < -0.39 is 0 Å². The molecule has 0 aliphatic heterocycles. The van der Waals surface area contributed by atoms with Gasteiger partial charge in [-0.3, -0.25) is 0 Å². The maximum absolute atomic E-state index is 5.15. The zero-order chi connectivity index (χ0) is 13.8. The molecular formula is C16H22N2O. The number of anilines is 1. The lowest BCUT2D eigenvalue weighted by Crippen LogP contribution is -2.02. The van der Waals surface area contributed by atoms with Crippen LogP contribution in [0.5, 0.6) is 0 Å². The third kappa shape index (κ3) is 3.18. The first-order valence-corrected chi connectivity index (χ1v) is 6.55. The fourth-order valence-corrected chi connectivity index (χ4v) is 2.25. The topological polar surface area (TPSA) is 26.2 Å². The molecule has 0 aliphatic rings.